The van der Waals surface area contributed by atoms with Crippen LogP contribution in [0.4, 0.5) is 31.4 Å². The number of amides is 3. The second-order valence-electron chi connectivity index (χ2n) is 11.1. The molecular formula is C39H34N3O9PS3. The van der Waals surface area contributed by atoms with Crippen LogP contribution in [0.2, 0.25) is 0 Å². The number of thioether (sulfide) groups is 2. The Morgan fingerprint density at radius 1 is 0.564 bits per heavy atom. The number of ether oxygens (including phenoxy) is 2. The number of nitrogens with one attached hydrogen (secondary N) is 3. The standard InChI is InChI=1S/C39H34N3O9PS3/c1-27(2)36(43)47-25-26-48-37(44)40-28-13-19-31(20-14-28)49-52(53,50-32-21-15-29(16-22-32)41-38(45)54-34-9-5-3-6-10-34)51-33-23-17-30(18-24-33)42-39(46)55-35-11-7-4-8-12-35/h3-24H,1,25-26H2,2H3,(H,40,44)(H,41,45)(H,42,46). The van der Waals surface area contributed by atoms with Gasteiger partial charge < -0.3 is 33.7 Å². The summed E-state index contributed by atoms with van der Waals surface area (Å²) in [6.07, 6.45) is -0.756. The van der Waals surface area contributed by atoms with Crippen LogP contribution in [-0.4, -0.2) is 35.8 Å². The first-order valence-electron chi connectivity index (χ1n) is 16.4. The fourth-order valence-electron chi connectivity index (χ4n) is 4.26. The van der Waals surface area contributed by atoms with Crippen molar-refractivity contribution >= 4 is 81.7 Å². The predicted molar refractivity (Wildman–Crippen MR) is 219 cm³/mol. The molecular weight excluding hydrogens is 782 g/mol. The minimum absolute atomic E-state index is 0.119. The van der Waals surface area contributed by atoms with Crippen LogP contribution in [0.5, 0.6) is 17.2 Å². The summed E-state index contributed by atoms with van der Waals surface area (Å²) in [5.74, 6) is 0.326. The Labute approximate surface area is 331 Å². The molecule has 12 nitrogen and oxygen atoms in total. The summed E-state index contributed by atoms with van der Waals surface area (Å²) < 4.78 is 28.4. The van der Waals surface area contributed by atoms with E-state index < -0.39 is 18.8 Å². The van der Waals surface area contributed by atoms with Crippen molar-refractivity contribution in [1.29, 1.82) is 0 Å². The van der Waals surface area contributed by atoms with Gasteiger partial charge in [-0.3, -0.25) is 14.9 Å². The number of anilines is 3. The lowest BCUT2D eigenvalue weighted by Gasteiger charge is -2.23. The zero-order valence-corrected chi connectivity index (χ0v) is 32.5. The smallest absolute Gasteiger partial charge is 0.459 e. The number of benzene rings is 5. The molecule has 0 fully saturated rings. The zero-order chi connectivity index (χ0) is 39.0. The first kappa shape index (κ1) is 40.5. The molecule has 0 aromatic heterocycles. The lowest BCUT2D eigenvalue weighted by Crippen LogP contribution is -2.18. The van der Waals surface area contributed by atoms with Gasteiger partial charge in [0.05, 0.1) is 0 Å². The van der Waals surface area contributed by atoms with Crippen molar-refractivity contribution in [3.8, 4) is 17.2 Å². The Kier molecular flexibility index (Phi) is 14.8. The monoisotopic (exact) mass is 815 g/mol. The van der Waals surface area contributed by atoms with Gasteiger partial charge in [-0.15, -0.1) is 0 Å². The normalized spacial score (nSPS) is 10.6. The highest BCUT2D eigenvalue weighted by atomic mass is 32.5. The van der Waals surface area contributed by atoms with Crippen LogP contribution >= 0.6 is 30.2 Å². The SMILES string of the molecule is C=C(C)C(=O)OCCOC(=O)Nc1ccc(OP(=S)(Oc2ccc(NC(=O)Sc3ccccc3)cc2)Oc2ccc(NC(=O)Sc3ccccc3)cc2)cc1. The highest BCUT2D eigenvalue weighted by Gasteiger charge is 2.27. The van der Waals surface area contributed by atoms with Gasteiger partial charge in [0.2, 0.25) is 0 Å². The van der Waals surface area contributed by atoms with E-state index >= 15 is 0 Å². The minimum atomic E-state index is -3.65. The maximum absolute atomic E-state index is 12.5. The molecule has 0 aliphatic heterocycles. The topological polar surface area (TPSA) is 151 Å². The molecule has 0 aliphatic rings. The minimum Gasteiger partial charge on any atom is -0.459 e. The summed E-state index contributed by atoms with van der Waals surface area (Å²) in [5, 5.41) is 7.71. The Morgan fingerprint density at radius 3 is 1.31 bits per heavy atom. The largest absolute Gasteiger partial charge is 0.490 e. The second-order valence-corrected chi connectivity index (χ2v) is 16.0. The van der Waals surface area contributed by atoms with Gasteiger partial charge in [0, 0.05) is 44.2 Å². The molecule has 0 aliphatic carbocycles. The molecule has 3 amide bonds. The van der Waals surface area contributed by atoms with Crippen LogP contribution in [0.25, 0.3) is 0 Å². The van der Waals surface area contributed by atoms with E-state index in [4.69, 9.17) is 34.9 Å². The third-order valence-corrected chi connectivity index (χ3v) is 10.3. The van der Waals surface area contributed by atoms with Crippen molar-refractivity contribution in [3.63, 3.8) is 0 Å². The van der Waals surface area contributed by atoms with E-state index in [1.54, 1.807) is 72.8 Å². The Bertz CT molecular complexity index is 2040. The highest BCUT2D eigenvalue weighted by Crippen LogP contribution is 2.50. The van der Waals surface area contributed by atoms with E-state index in [1.807, 2.05) is 60.7 Å². The van der Waals surface area contributed by atoms with Crippen molar-refractivity contribution in [2.75, 3.05) is 29.2 Å². The van der Waals surface area contributed by atoms with Gasteiger partial charge in [-0.05, 0) is 128 Å². The first-order valence-corrected chi connectivity index (χ1v) is 20.5. The second kappa shape index (κ2) is 20.1. The average molecular weight is 816 g/mol. The number of hydrogen-bond acceptors (Lipinski definition) is 12. The molecule has 55 heavy (non-hydrogen) atoms. The van der Waals surface area contributed by atoms with Crippen LogP contribution in [0.3, 0.4) is 0 Å². The van der Waals surface area contributed by atoms with Crippen molar-refractivity contribution in [2.24, 2.45) is 0 Å². The number of rotatable bonds is 15. The summed E-state index contributed by atoms with van der Waals surface area (Å²) >= 11 is 7.99. The fraction of sp³-hybridized carbons (Fsp3) is 0.0769. The molecule has 5 aromatic carbocycles. The van der Waals surface area contributed by atoms with Crippen molar-refractivity contribution < 1.29 is 42.2 Å². The van der Waals surface area contributed by atoms with Gasteiger partial charge in [-0.25, -0.2) is 9.59 Å². The predicted octanol–water partition coefficient (Wildman–Crippen LogP) is 10.8. The first-order chi connectivity index (χ1) is 26.5. The fourth-order valence-corrected chi connectivity index (χ4v) is 7.64. The molecule has 0 spiro atoms. The van der Waals surface area contributed by atoms with Gasteiger partial charge in [0.1, 0.15) is 30.5 Å². The van der Waals surface area contributed by atoms with Crippen molar-refractivity contribution in [3.05, 3.63) is 146 Å². The zero-order valence-electron chi connectivity index (χ0n) is 29.2. The summed E-state index contributed by atoms with van der Waals surface area (Å²) in [6, 6.07) is 37.9. The third kappa shape index (κ3) is 13.9. The number of carbonyl (C=O) groups is 4. The van der Waals surface area contributed by atoms with E-state index in [1.165, 1.54) is 6.92 Å². The lowest BCUT2D eigenvalue weighted by atomic mass is 10.3. The van der Waals surface area contributed by atoms with Crippen LogP contribution in [0, 0.1) is 0 Å². The van der Waals surface area contributed by atoms with Crippen LogP contribution < -0.4 is 29.5 Å². The molecule has 0 radical (unpaired) electrons. The molecule has 0 atom stereocenters. The molecule has 0 bridgehead atoms. The lowest BCUT2D eigenvalue weighted by molar-refractivity contribution is -0.139. The van der Waals surface area contributed by atoms with E-state index in [9.17, 15) is 19.2 Å². The Hall–Kier alpha value is -5.73. The van der Waals surface area contributed by atoms with Gasteiger partial charge in [0.15, 0.2) is 0 Å². The van der Waals surface area contributed by atoms with E-state index in [2.05, 4.69) is 22.5 Å². The van der Waals surface area contributed by atoms with E-state index in [0.29, 0.717) is 28.6 Å². The number of hydrogen-bond donors (Lipinski definition) is 3. The van der Waals surface area contributed by atoms with Gasteiger partial charge in [-0.2, -0.15) is 0 Å². The summed E-state index contributed by atoms with van der Waals surface area (Å²) in [7, 11) is 0. The molecule has 0 saturated heterocycles. The number of carbonyl (C=O) groups excluding carboxylic acids is 4. The average Bonchev–Trinajstić information content (AvgIpc) is 3.16. The molecule has 282 valence electrons. The molecule has 16 heteroatoms. The Balaban J connectivity index is 1.24. The van der Waals surface area contributed by atoms with Gasteiger partial charge in [-0.1, -0.05) is 43.0 Å². The van der Waals surface area contributed by atoms with Crippen LogP contribution in [0.15, 0.2) is 155 Å². The van der Waals surface area contributed by atoms with Gasteiger partial charge in [0.25, 0.3) is 10.5 Å². The highest BCUT2D eigenvalue weighted by molar-refractivity contribution is 8.14. The van der Waals surface area contributed by atoms with Crippen molar-refractivity contribution in [1.82, 2.24) is 0 Å². The number of esters is 1. The maximum Gasteiger partial charge on any atom is 0.490 e. The van der Waals surface area contributed by atoms with Crippen molar-refractivity contribution in [2.45, 2.75) is 16.7 Å². The summed E-state index contributed by atoms with van der Waals surface area (Å²) in [5.41, 5.74) is 1.70. The molecule has 0 unspecified atom stereocenters. The van der Waals surface area contributed by atoms with E-state index in [0.717, 1.165) is 33.3 Å². The summed E-state index contributed by atoms with van der Waals surface area (Å²) in [6.45, 7) is 1.09. The molecule has 0 heterocycles. The van der Waals surface area contributed by atoms with Crippen LogP contribution in [-0.2, 0) is 26.1 Å². The van der Waals surface area contributed by atoms with Crippen LogP contribution in [0.1, 0.15) is 6.92 Å². The molecule has 3 N–H and O–H groups in total. The quantitative estimate of drug-likeness (QED) is 0.0303. The third-order valence-electron chi connectivity index (χ3n) is 6.76. The molecule has 0 saturated carbocycles. The van der Waals surface area contributed by atoms with E-state index in [-0.39, 0.29) is 35.0 Å². The maximum atomic E-state index is 12.5. The summed E-state index contributed by atoms with van der Waals surface area (Å²) in [4.78, 5) is 50.4. The molecule has 5 aromatic rings. The Morgan fingerprint density at radius 2 is 0.927 bits per heavy atom. The van der Waals surface area contributed by atoms with Gasteiger partial charge >= 0.3 is 18.8 Å². The molecule has 5 rings (SSSR count).